The lowest BCUT2D eigenvalue weighted by Crippen LogP contribution is -2.48. The number of hydrogen-bond acceptors (Lipinski definition) is 7. The summed E-state index contributed by atoms with van der Waals surface area (Å²) in [7, 11) is 1.34. The Morgan fingerprint density at radius 1 is 1.35 bits per heavy atom. The first-order valence-corrected chi connectivity index (χ1v) is 9.24. The molecule has 8 nitrogen and oxygen atoms in total. The summed E-state index contributed by atoms with van der Waals surface area (Å²) in [6, 6.07) is 1.57. The summed E-state index contributed by atoms with van der Waals surface area (Å²) in [6.07, 6.45) is -3.14. The van der Waals surface area contributed by atoms with Gasteiger partial charge in [-0.05, 0) is 32.3 Å². The third-order valence-corrected chi connectivity index (χ3v) is 4.51. The van der Waals surface area contributed by atoms with E-state index in [2.05, 4.69) is 9.62 Å². The minimum atomic E-state index is -1.14. The first kappa shape index (κ1) is 21.0. The molecule has 0 amide bonds. The van der Waals surface area contributed by atoms with Gasteiger partial charge in [-0.3, -0.25) is 9.20 Å². The molecule has 2 N–H and O–H groups in total. The minimum absolute atomic E-state index is 0.311. The molecule has 1 aliphatic rings. The Balaban J connectivity index is 2.41. The van der Waals surface area contributed by atoms with Gasteiger partial charge in [0.15, 0.2) is 6.23 Å². The van der Waals surface area contributed by atoms with E-state index >= 15 is 0 Å². The van der Waals surface area contributed by atoms with E-state index < -0.39 is 47.3 Å². The lowest BCUT2D eigenvalue weighted by Gasteiger charge is -2.35. The molecule has 0 radical (unpaired) electrons. The fourth-order valence-corrected chi connectivity index (χ4v) is 3.06. The summed E-state index contributed by atoms with van der Waals surface area (Å²) in [5.41, 5.74) is -1.63. The van der Waals surface area contributed by atoms with E-state index in [-0.39, 0.29) is 0 Å². The van der Waals surface area contributed by atoms with Gasteiger partial charge in [-0.25, -0.2) is 4.79 Å². The van der Waals surface area contributed by atoms with Crippen LogP contribution < -0.4 is 5.69 Å². The molecule has 1 fully saturated rings. The maximum Gasteiger partial charge on any atom is 0.351 e. The van der Waals surface area contributed by atoms with E-state index in [1.165, 1.54) is 20.8 Å². The lowest BCUT2D eigenvalue weighted by molar-refractivity contribution is -0.153. The summed E-state index contributed by atoms with van der Waals surface area (Å²) in [6.45, 7) is 11.2. The van der Waals surface area contributed by atoms with Gasteiger partial charge >= 0.3 is 5.69 Å². The smallest absolute Gasteiger partial charge is 0.351 e. The van der Waals surface area contributed by atoms with Crippen LogP contribution in [0, 0.1) is 5.41 Å². The average molecular weight is 384 g/mol. The van der Waals surface area contributed by atoms with Crippen molar-refractivity contribution < 1.29 is 19.7 Å². The van der Waals surface area contributed by atoms with Gasteiger partial charge < -0.3 is 19.7 Å². The molecule has 1 aromatic rings. The molecule has 1 aromatic heterocycles. The second kappa shape index (κ2) is 7.39. The molecule has 0 saturated carbocycles. The second-order valence-electron chi connectivity index (χ2n) is 8.62. The molecule has 1 aliphatic heterocycles. The zero-order valence-electron chi connectivity index (χ0n) is 16.2. The molecule has 26 heavy (non-hydrogen) atoms. The van der Waals surface area contributed by atoms with Crippen molar-refractivity contribution in [3.8, 4) is 0 Å². The van der Waals surface area contributed by atoms with Gasteiger partial charge in [-0.2, -0.15) is 4.98 Å². The number of aromatic nitrogens is 2. The number of aliphatic hydroxyl groups excluding tert-OH is 2. The van der Waals surface area contributed by atoms with Crippen LogP contribution in [0.25, 0.3) is 0 Å². The van der Waals surface area contributed by atoms with Crippen LogP contribution in [0.1, 0.15) is 47.8 Å². The fraction of sp³-hybridized carbons (Fsp3) is 0.765. The highest BCUT2D eigenvalue weighted by Gasteiger charge is 2.52. The van der Waals surface area contributed by atoms with E-state index in [9.17, 15) is 15.0 Å². The summed E-state index contributed by atoms with van der Waals surface area (Å²) in [5, 5.41) is 21.6. The van der Waals surface area contributed by atoms with E-state index in [1.807, 2.05) is 41.5 Å². The fourth-order valence-electron chi connectivity index (χ4n) is 2.88. The standard InChI is InChI=1S/C17H29N3O5Si/c1-16(2,3)13(22)12-11(25-17(4,5)6)10(21)14(24-12)20-8-7-9(19-26)18-15(20)23/h7-8,10-14,21-22H,26H2,1-6H3/t10-,11+,12+,13?,14-/m1/s1. The van der Waals surface area contributed by atoms with Crippen molar-refractivity contribution >= 4 is 15.9 Å². The van der Waals surface area contributed by atoms with E-state index in [0.717, 1.165) is 0 Å². The quantitative estimate of drug-likeness (QED) is 0.735. The molecular weight excluding hydrogens is 354 g/mol. The van der Waals surface area contributed by atoms with Gasteiger partial charge in [0, 0.05) is 6.20 Å². The topological polar surface area (TPSA) is 106 Å². The van der Waals surface area contributed by atoms with Crippen molar-refractivity contribution in [2.75, 3.05) is 0 Å². The summed E-state index contributed by atoms with van der Waals surface area (Å²) in [5.74, 6) is 0.311. The molecule has 0 aromatic carbocycles. The van der Waals surface area contributed by atoms with E-state index in [1.54, 1.807) is 6.07 Å². The third kappa shape index (κ3) is 4.52. The zero-order chi connectivity index (χ0) is 19.9. The monoisotopic (exact) mass is 383 g/mol. The van der Waals surface area contributed by atoms with Gasteiger partial charge in [0.1, 0.15) is 24.1 Å². The Kier molecular flexibility index (Phi) is 5.98. The highest BCUT2D eigenvalue weighted by molar-refractivity contribution is 5.93. The Morgan fingerprint density at radius 3 is 2.42 bits per heavy atom. The molecular formula is C17H29N3O5Si. The second-order valence-corrected chi connectivity index (χ2v) is 8.94. The largest absolute Gasteiger partial charge is 0.390 e. The van der Waals surface area contributed by atoms with Crippen molar-refractivity contribution in [1.29, 1.82) is 0 Å². The van der Waals surface area contributed by atoms with Crippen molar-refractivity contribution in [2.45, 2.75) is 77.8 Å². The van der Waals surface area contributed by atoms with Gasteiger partial charge in [0.25, 0.3) is 0 Å². The number of hydrogen-bond donors (Lipinski definition) is 2. The van der Waals surface area contributed by atoms with E-state index in [4.69, 9.17) is 9.47 Å². The van der Waals surface area contributed by atoms with Crippen molar-refractivity contribution in [3.63, 3.8) is 0 Å². The Bertz CT molecular complexity index is 710. The van der Waals surface area contributed by atoms with Crippen LogP contribution in [-0.4, -0.2) is 59.8 Å². The van der Waals surface area contributed by atoms with Crippen LogP contribution in [0.3, 0.4) is 0 Å². The average Bonchev–Trinajstić information content (AvgIpc) is 2.81. The van der Waals surface area contributed by atoms with Crippen LogP contribution in [0.4, 0.5) is 5.82 Å². The number of aliphatic hydroxyl groups is 2. The van der Waals surface area contributed by atoms with Crippen LogP contribution in [-0.2, 0) is 9.47 Å². The highest BCUT2D eigenvalue weighted by atomic mass is 28.1. The van der Waals surface area contributed by atoms with Crippen LogP contribution in [0.5, 0.6) is 0 Å². The zero-order valence-corrected chi connectivity index (χ0v) is 17.6. The molecule has 146 valence electrons. The Hall–Kier alpha value is -1.26. The van der Waals surface area contributed by atoms with Crippen LogP contribution in [0.15, 0.2) is 21.7 Å². The first-order chi connectivity index (χ1) is 11.8. The molecule has 0 spiro atoms. The van der Waals surface area contributed by atoms with Crippen LogP contribution >= 0.6 is 0 Å². The maximum atomic E-state index is 12.3. The normalized spacial score (nSPS) is 28.2. The lowest BCUT2D eigenvalue weighted by atomic mass is 9.84. The molecule has 1 unspecified atom stereocenters. The van der Waals surface area contributed by atoms with Gasteiger partial charge in [-0.1, -0.05) is 20.8 Å². The molecule has 1 saturated heterocycles. The summed E-state index contributed by atoms with van der Waals surface area (Å²) < 4.78 is 17.0. The van der Waals surface area contributed by atoms with Crippen LogP contribution in [0.2, 0.25) is 0 Å². The van der Waals surface area contributed by atoms with E-state index in [0.29, 0.717) is 5.82 Å². The molecule has 5 atom stereocenters. The SMILES string of the molecule is CC(C)(C)O[C@H]1[C@@H](O)[C@H](n2ccc(N=[SiH2])nc2=O)O[C@@H]1C(O)C(C)(C)C. The summed E-state index contributed by atoms with van der Waals surface area (Å²) >= 11 is 0. The highest BCUT2D eigenvalue weighted by Crippen LogP contribution is 2.38. The summed E-state index contributed by atoms with van der Waals surface area (Å²) in [4.78, 5) is 16.1. The molecule has 0 aliphatic carbocycles. The number of rotatable bonds is 4. The van der Waals surface area contributed by atoms with Gasteiger partial charge in [0.05, 0.1) is 21.7 Å². The molecule has 9 heteroatoms. The molecule has 0 bridgehead atoms. The first-order valence-electron chi connectivity index (χ1n) is 8.60. The van der Waals surface area contributed by atoms with Crippen molar-refractivity contribution in [3.05, 3.63) is 22.7 Å². The van der Waals surface area contributed by atoms with Crippen molar-refractivity contribution in [2.24, 2.45) is 10.0 Å². The molecule has 2 heterocycles. The maximum absolute atomic E-state index is 12.3. The van der Waals surface area contributed by atoms with Gasteiger partial charge in [-0.15, -0.1) is 0 Å². The van der Waals surface area contributed by atoms with Crippen molar-refractivity contribution in [1.82, 2.24) is 9.55 Å². The Morgan fingerprint density at radius 2 is 1.96 bits per heavy atom. The number of nitrogens with zero attached hydrogens (tertiary/aromatic N) is 3. The van der Waals surface area contributed by atoms with Gasteiger partial charge in [0.2, 0.25) is 0 Å². The minimum Gasteiger partial charge on any atom is -0.390 e. The molecule has 2 rings (SSSR count). The third-order valence-electron chi connectivity index (χ3n) is 4.19. The Labute approximate surface area is 156 Å². The number of ether oxygens (including phenoxy) is 2. The predicted octanol–water partition coefficient (Wildman–Crippen LogP) is 0.540. The predicted molar refractivity (Wildman–Crippen MR) is 99.1 cm³/mol.